The summed E-state index contributed by atoms with van der Waals surface area (Å²) in [5.74, 6) is 0. The van der Waals surface area contributed by atoms with Gasteiger partial charge in [-0.05, 0) is 31.2 Å². The van der Waals surface area contributed by atoms with Crippen molar-refractivity contribution in [3.63, 3.8) is 0 Å². The van der Waals surface area contributed by atoms with Crippen LogP contribution in [0.15, 0.2) is 28.7 Å². The summed E-state index contributed by atoms with van der Waals surface area (Å²) in [4.78, 5) is 11.3. The van der Waals surface area contributed by atoms with Crippen molar-refractivity contribution in [2.45, 2.75) is 13.0 Å². The van der Waals surface area contributed by atoms with E-state index in [1.54, 1.807) is 12.1 Å². The number of rotatable bonds is 3. The summed E-state index contributed by atoms with van der Waals surface area (Å²) >= 11 is 6.54. The maximum absolute atomic E-state index is 11.3. The largest absolute Gasteiger partial charge is 0.445 e. The Morgan fingerprint density at radius 1 is 1.47 bits per heavy atom. The molecule has 0 saturated heterocycles. The molecule has 0 aliphatic carbocycles. The predicted octanol–water partition coefficient (Wildman–Crippen LogP) is 3.78. The number of ether oxygens (including phenoxy) is 1. The maximum atomic E-state index is 11.3. The first kappa shape index (κ1) is 12.5. The third kappa shape index (κ3) is 4.66. The van der Waals surface area contributed by atoms with Crippen molar-refractivity contribution < 1.29 is 9.53 Å². The SMILES string of the molecule is CC(CBr)OC(=O)Nc1ccc(Br)cc1. The minimum atomic E-state index is -0.440. The Morgan fingerprint density at radius 3 is 2.60 bits per heavy atom. The first-order valence-electron chi connectivity index (χ1n) is 4.41. The molecule has 3 nitrogen and oxygen atoms in total. The number of amides is 1. The number of carbonyl (C=O) groups is 1. The van der Waals surface area contributed by atoms with Gasteiger partial charge in [0.1, 0.15) is 6.10 Å². The van der Waals surface area contributed by atoms with E-state index in [0.29, 0.717) is 11.0 Å². The molecular weight excluding hydrogens is 326 g/mol. The van der Waals surface area contributed by atoms with E-state index in [0.717, 1.165) is 4.47 Å². The number of hydrogen-bond acceptors (Lipinski definition) is 2. The van der Waals surface area contributed by atoms with Crippen LogP contribution >= 0.6 is 31.9 Å². The van der Waals surface area contributed by atoms with Gasteiger partial charge < -0.3 is 4.74 Å². The monoisotopic (exact) mass is 335 g/mol. The molecule has 1 amide bonds. The van der Waals surface area contributed by atoms with E-state index in [-0.39, 0.29) is 6.10 Å². The molecule has 1 rings (SSSR count). The van der Waals surface area contributed by atoms with Crippen LogP contribution in [0.2, 0.25) is 0 Å². The van der Waals surface area contributed by atoms with Crippen LogP contribution in [0.3, 0.4) is 0 Å². The number of halogens is 2. The number of anilines is 1. The lowest BCUT2D eigenvalue weighted by Crippen LogP contribution is -2.20. The normalized spacial score (nSPS) is 11.9. The van der Waals surface area contributed by atoms with Crippen LogP contribution in [0, 0.1) is 0 Å². The van der Waals surface area contributed by atoms with E-state index in [1.165, 1.54) is 0 Å². The summed E-state index contributed by atoms with van der Waals surface area (Å²) in [6.07, 6.45) is -0.579. The van der Waals surface area contributed by atoms with E-state index in [2.05, 4.69) is 37.2 Å². The molecule has 0 heterocycles. The number of carbonyl (C=O) groups excluding carboxylic acids is 1. The molecule has 0 fully saturated rings. The molecule has 1 atom stereocenters. The molecule has 1 N–H and O–H groups in total. The molecule has 0 aliphatic rings. The van der Waals surface area contributed by atoms with Gasteiger partial charge in [0.25, 0.3) is 0 Å². The van der Waals surface area contributed by atoms with Crippen LogP contribution in [-0.2, 0) is 4.74 Å². The number of benzene rings is 1. The molecule has 15 heavy (non-hydrogen) atoms. The predicted molar refractivity (Wildman–Crippen MR) is 67.5 cm³/mol. The van der Waals surface area contributed by atoms with Crippen LogP contribution in [0.4, 0.5) is 10.5 Å². The highest BCUT2D eigenvalue weighted by molar-refractivity contribution is 9.10. The topological polar surface area (TPSA) is 38.3 Å². The van der Waals surface area contributed by atoms with Crippen LogP contribution < -0.4 is 5.32 Å². The van der Waals surface area contributed by atoms with Crippen molar-refractivity contribution in [3.05, 3.63) is 28.7 Å². The fourth-order valence-corrected chi connectivity index (χ4v) is 1.29. The molecule has 1 unspecified atom stereocenters. The zero-order valence-electron chi connectivity index (χ0n) is 8.17. The molecule has 0 spiro atoms. The highest BCUT2D eigenvalue weighted by Crippen LogP contribution is 2.14. The lowest BCUT2D eigenvalue weighted by Gasteiger charge is -2.11. The zero-order chi connectivity index (χ0) is 11.3. The van der Waals surface area contributed by atoms with Gasteiger partial charge >= 0.3 is 6.09 Å². The van der Waals surface area contributed by atoms with Crippen LogP contribution in [0.1, 0.15) is 6.92 Å². The van der Waals surface area contributed by atoms with Gasteiger partial charge in [-0.1, -0.05) is 31.9 Å². The molecule has 0 bridgehead atoms. The molecule has 1 aromatic rings. The molecule has 0 aromatic heterocycles. The van der Waals surface area contributed by atoms with Crippen LogP contribution in [0.25, 0.3) is 0 Å². The Morgan fingerprint density at radius 2 is 2.07 bits per heavy atom. The Bertz CT molecular complexity index is 327. The first-order valence-corrected chi connectivity index (χ1v) is 6.32. The Kier molecular flexibility index (Phi) is 5.11. The third-order valence-electron chi connectivity index (χ3n) is 1.62. The second kappa shape index (κ2) is 6.12. The standard InChI is InChI=1S/C10H11Br2NO2/c1-7(6-11)15-10(14)13-9-4-2-8(12)3-5-9/h2-5,7H,6H2,1H3,(H,13,14). The van der Waals surface area contributed by atoms with Gasteiger partial charge in [-0.25, -0.2) is 4.79 Å². The van der Waals surface area contributed by atoms with Crippen molar-refractivity contribution in [1.82, 2.24) is 0 Å². The van der Waals surface area contributed by atoms with E-state index < -0.39 is 6.09 Å². The number of hydrogen-bond donors (Lipinski definition) is 1. The Hall–Kier alpha value is -0.550. The highest BCUT2D eigenvalue weighted by Gasteiger charge is 2.07. The van der Waals surface area contributed by atoms with Crippen molar-refractivity contribution in [2.75, 3.05) is 10.6 Å². The number of nitrogens with one attached hydrogen (secondary N) is 1. The van der Waals surface area contributed by atoms with Gasteiger partial charge in [-0.3, -0.25) is 5.32 Å². The second-order valence-electron chi connectivity index (χ2n) is 3.00. The fraction of sp³-hybridized carbons (Fsp3) is 0.300. The zero-order valence-corrected chi connectivity index (χ0v) is 11.3. The molecule has 82 valence electrons. The smallest absolute Gasteiger partial charge is 0.411 e. The average Bonchev–Trinajstić information content (AvgIpc) is 2.21. The van der Waals surface area contributed by atoms with Gasteiger partial charge in [-0.2, -0.15) is 0 Å². The summed E-state index contributed by atoms with van der Waals surface area (Å²) in [5, 5.41) is 3.26. The van der Waals surface area contributed by atoms with E-state index in [4.69, 9.17) is 4.74 Å². The molecule has 0 aliphatic heterocycles. The summed E-state index contributed by atoms with van der Waals surface area (Å²) in [6, 6.07) is 7.29. The average molecular weight is 337 g/mol. The minimum Gasteiger partial charge on any atom is -0.445 e. The highest BCUT2D eigenvalue weighted by atomic mass is 79.9. The fourth-order valence-electron chi connectivity index (χ4n) is 0.895. The van der Waals surface area contributed by atoms with Crippen molar-refractivity contribution in [3.8, 4) is 0 Å². The molecule has 0 radical (unpaired) electrons. The summed E-state index contributed by atoms with van der Waals surface area (Å²) < 4.78 is 5.99. The van der Waals surface area contributed by atoms with Crippen molar-refractivity contribution in [2.24, 2.45) is 0 Å². The summed E-state index contributed by atoms with van der Waals surface area (Å²) in [6.45, 7) is 1.82. The lowest BCUT2D eigenvalue weighted by atomic mass is 10.3. The maximum Gasteiger partial charge on any atom is 0.411 e. The van der Waals surface area contributed by atoms with Crippen molar-refractivity contribution >= 4 is 43.6 Å². The van der Waals surface area contributed by atoms with Gasteiger partial charge in [-0.15, -0.1) is 0 Å². The van der Waals surface area contributed by atoms with Gasteiger partial charge in [0.05, 0.1) is 0 Å². The summed E-state index contributed by atoms with van der Waals surface area (Å²) in [7, 11) is 0. The lowest BCUT2D eigenvalue weighted by molar-refractivity contribution is 0.132. The van der Waals surface area contributed by atoms with E-state index >= 15 is 0 Å². The van der Waals surface area contributed by atoms with Gasteiger partial charge in [0.15, 0.2) is 0 Å². The molecule has 0 saturated carbocycles. The van der Waals surface area contributed by atoms with Crippen molar-refractivity contribution in [1.29, 1.82) is 0 Å². The minimum absolute atomic E-state index is 0.138. The second-order valence-corrected chi connectivity index (χ2v) is 4.57. The third-order valence-corrected chi connectivity index (χ3v) is 3.06. The molecular formula is C10H11Br2NO2. The quantitative estimate of drug-likeness (QED) is 0.853. The van der Waals surface area contributed by atoms with Gasteiger partial charge in [0.2, 0.25) is 0 Å². The molecule has 1 aromatic carbocycles. The summed E-state index contributed by atoms with van der Waals surface area (Å²) in [5.41, 5.74) is 0.713. The van der Waals surface area contributed by atoms with Crippen LogP contribution in [0.5, 0.6) is 0 Å². The van der Waals surface area contributed by atoms with Crippen LogP contribution in [-0.4, -0.2) is 17.5 Å². The Balaban J connectivity index is 2.48. The number of alkyl halides is 1. The van der Waals surface area contributed by atoms with E-state index in [1.807, 2.05) is 19.1 Å². The van der Waals surface area contributed by atoms with Gasteiger partial charge in [0, 0.05) is 15.5 Å². The van der Waals surface area contributed by atoms with E-state index in [9.17, 15) is 4.79 Å². The Labute approximate surface area is 105 Å². The molecule has 5 heteroatoms. The first-order chi connectivity index (χ1) is 7.11.